The summed E-state index contributed by atoms with van der Waals surface area (Å²) in [6.07, 6.45) is 70.0. The van der Waals surface area contributed by atoms with E-state index in [9.17, 15) is 15.0 Å². The van der Waals surface area contributed by atoms with E-state index in [1.165, 1.54) is 135 Å². The number of amides is 1. The van der Waals surface area contributed by atoms with E-state index in [2.05, 4.69) is 92.1 Å². The third kappa shape index (κ3) is 44.5. The van der Waals surface area contributed by atoms with Crippen molar-refractivity contribution >= 4 is 5.91 Å². The molecule has 0 aromatic carbocycles. The number of aliphatic hydroxyl groups excluding tert-OH is 2. The molecule has 0 fully saturated rings. The molecule has 0 aliphatic carbocycles. The molecule has 0 aliphatic rings. The molecule has 0 saturated carbocycles. The number of rotatable bonds is 43. The Balaban J connectivity index is 3.64. The third-order valence-electron chi connectivity index (χ3n) is 10.6. The fourth-order valence-electron chi connectivity index (χ4n) is 6.95. The lowest BCUT2D eigenvalue weighted by molar-refractivity contribution is -0.123. The summed E-state index contributed by atoms with van der Waals surface area (Å²) in [4.78, 5) is 12.4. The van der Waals surface area contributed by atoms with Gasteiger partial charge in [0.25, 0.3) is 0 Å². The van der Waals surface area contributed by atoms with Crippen molar-refractivity contribution < 1.29 is 15.0 Å². The molecule has 4 nitrogen and oxygen atoms in total. The first-order chi connectivity index (χ1) is 28.2. The SMILES string of the molecule is CC/C=C\C/C=C\C/C=C\C/C=C\C/C=C\C/C=C\CCCCC(=O)NC(CO)C(O)/C=C/CCCCCCCCCCCCCCCCCCCCCCCC. The molecule has 0 aromatic rings. The van der Waals surface area contributed by atoms with Gasteiger partial charge in [0.1, 0.15) is 0 Å². The van der Waals surface area contributed by atoms with Crippen LogP contribution in [0.5, 0.6) is 0 Å². The maximum Gasteiger partial charge on any atom is 0.220 e. The topological polar surface area (TPSA) is 69.6 Å². The summed E-state index contributed by atoms with van der Waals surface area (Å²) in [5.74, 6) is -0.108. The van der Waals surface area contributed by atoms with Gasteiger partial charge in [0.15, 0.2) is 0 Å². The molecule has 3 N–H and O–H groups in total. The molecule has 0 bridgehead atoms. The molecular formula is C53H93NO3. The molecule has 0 aromatic heterocycles. The minimum Gasteiger partial charge on any atom is -0.394 e. The van der Waals surface area contributed by atoms with E-state index in [-0.39, 0.29) is 12.5 Å². The summed E-state index contributed by atoms with van der Waals surface area (Å²) in [5.41, 5.74) is 0. The molecule has 1 amide bonds. The molecule has 0 radical (unpaired) electrons. The van der Waals surface area contributed by atoms with E-state index in [1.807, 2.05) is 6.08 Å². The van der Waals surface area contributed by atoms with Crippen LogP contribution in [0.1, 0.15) is 226 Å². The number of unbranched alkanes of at least 4 members (excludes halogenated alkanes) is 24. The summed E-state index contributed by atoms with van der Waals surface area (Å²) in [6.45, 7) is 4.18. The van der Waals surface area contributed by atoms with Crippen LogP contribution in [-0.4, -0.2) is 34.9 Å². The van der Waals surface area contributed by atoms with Crippen LogP contribution in [-0.2, 0) is 4.79 Å². The normalized spacial score (nSPS) is 13.7. The summed E-state index contributed by atoms with van der Waals surface area (Å²) < 4.78 is 0. The number of allylic oxidation sites excluding steroid dienone is 13. The van der Waals surface area contributed by atoms with E-state index in [4.69, 9.17) is 0 Å². The van der Waals surface area contributed by atoms with Crippen LogP contribution in [0.3, 0.4) is 0 Å². The maximum atomic E-state index is 12.4. The Hall–Kier alpha value is -2.43. The van der Waals surface area contributed by atoms with E-state index in [0.717, 1.165) is 70.6 Å². The van der Waals surface area contributed by atoms with Gasteiger partial charge in [0.05, 0.1) is 18.8 Å². The molecule has 2 atom stereocenters. The summed E-state index contributed by atoms with van der Waals surface area (Å²) >= 11 is 0. The molecule has 0 aliphatic heterocycles. The predicted molar refractivity (Wildman–Crippen MR) is 253 cm³/mol. The smallest absolute Gasteiger partial charge is 0.220 e. The zero-order chi connectivity index (χ0) is 41.4. The van der Waals surface area contributed by atoms with Crippen molar-refractivity contribution in [3.63, 3.8) is 0 Å². The first kappa shape index (κ1) is 54.6. The molecule has 0 heterocycles. The van der Waals surface area contributed by atoms with E-state index >= 15 is 0 Å². The van der Waals surface area contributed by atoms with Gasteiger partial charge in [0, 0.05) is 6.42 Å². The minimum atomic E-state index is -0.863. The molecule has 0 spiro atoms. The average molecular weight is 792 g/mol. The number of aliphatic hydroxyl groups is 2. The van der Waals surface area contributed by atoms with Gasteiger partial charge in [-0.05, 0) is 70.6 Å². The van der Waals surface area contributed by atoms with Crippen LogP contribution in [0.25, 0.3) is 0 Å². The molecule has 57 heavy (non-hydrogen) atoms. The molecule has 4 heteroatoms. The lowest BCUT2D eigenvalue weighted by atomic mass is 10.0. The lowest BCUT2D eigenvalue weighted by Gasteiger charge is -2.19. The fraction of sp³-hybridized carbons (Fsp3) is 0.717. The first-order valence-electron chi connectivity index (χ1n) is 24.3. The highest BCUT2D eigenvalue weighted by Crippen LogP contribution is 2.16. The van der Waals surface area contributed by atoms with Gasteiger partial charge < -0.3 is 15.5 Å². The van der Waals surface area contributed by atoms with Gasteiger partial charge in [-0.1, -0.05) is 234 Å². The predicted octanol–water partition coefficient (Wildman–Crippen LogP) is 15.6. The fourth-order valence-corrected chi connectivity index (χ4v) is 6.95. The quantitative estimate of drug-likeness (QED) is 0.0425. The zero-order valence-corrected chi connectivity index (χ0v) is 37.6. The maximum absolute atomic E-state index is 12.4. The van der Waals surface area contributed by atoms with Crippen molar-refractivity contribution in [3.8, 4) is 0 Å². The van der Waals surface area contributed by atoms with Crippen LogP contribution in [0.4, 0.5) is 0 Å². The standard InChI is InChI=1S/C53H93NO3/c1-3-5-7-9-11-13-15-17-19-21-23-25-26-27-29-30-32-34-36-38-40-42-44-46-48-52(56)51(50-55)54-53(57)49-47-45-43-41-39-37-35-33-31-28-24-22-20-18-16-14-12-10-8-6-4-2/h6,8,12,14,18,20,24,28,33,35,39,41,46,48,51-52,55-56H,3-5,7,9-11,13,15-17,19,21-23,25-27,29-32,34,36-38,40,42-45,47,49-50H2,1-2H3,(H,54,57)/b8-6-,14-12-,20-18-,28-24-,35-33-,41-39-,48-46+. The van der Waals surface area contributed by atoms with Gasteiger partial charge in [-0.3, -0.25) is 4.79 Å². The second-order valence-electron chi connectivity index (χ2n) is 16.1. The average Bonchev–Trinajstić information content (AvgIpc) is 3.22. The number of carbonyl (C=O) groups is 1. The van der Waals surface area contributed by atoms with Crippen molar-refractivity contribution in [2.24, 2.45) is 0 Å². The highest BCUT2D eigenvalue weighted by Gasteiger charge is 2.17. The van der Waals surface area contributed by atoms with Gasteiger partial charge in [0.2, 0.25) is 5.91 Å². The van der Waals surface area contributed by atoms with Crippen molar-refractivity contribution in [1.29, 1.82) is 0 Å². The highest BCUT2D eigenvalue weighted by molar-refractivity contribution is 5.76. The Morgan fingerprint density at radius 1 is 0.439 bits per heavy atom. The first-order valence-corrected chi connectivity index (χ1v) is 24.3. The summed E-state index contributed by atoms with van der Waals surface area (Å²) in [6, 6.07) is -0.651. The number of carbonyl (C=O) groups excluding carboxylic acids is 1. The van der Waals surface area contributed by atoms with Crippen LogP contribution in [0, 0.1) is 0 Å². The third-order valence-corrected chi connectivity index (χ3v) is 10.6. The van der Waals surface area contributed by atoms with Gasteiger partial charge in [-0.25, -0.2) is 0 Å². The monoisotopic (exact) mass is 792 g/mol. The lowest BCUT2D eigenvalue weighted by Crippen LogP contribution is -2.45. The van der Waals surface area contributed by atoms with Crippen molar-refractivity contribution in [2.75, 3.05) is 6.61 Å². The van der Waals surface area contributed by atoms with Crippen molar-refractivity contribution in [1.82, 2.24) is 5.32 Å². The van der Waals surface area contributed by atoms with Crippen LogP contribution in [0.2, 0.25) is 0 Å². The zero-order valence-electron chi connectivity index (χ0n) is 37.6. The van der Waals surface area contributed by atoms with E-state index < -0.39 is 12.1 Å². The van der Waals surface area contributed by atoms with Crippen LogP contribution >= 0.6 is 0 Å². The Kier molecular flexibility index (Phi) is 45.9. The molecule has 0 rings (SSSR count). The van der Waals surface area contributed by atoms with E-state index in [1.54, 1.807) is 6.08 Å². The number of hydrogen-bond donors (Lipinski definition) is 3. The second kappa shape index (κ2) is 47.9. The van der Waals surface area contributed by atoms with Crippen molar-refractivity contribution in [3.05, 3.63) is 85.1 Å². The molecule has 0 saturated heterocycles. The Morgan fingerprint density at radius 3 is 1.16 bits per heavy atom. The summed E-state index contributed by atoms with van der Waals surface area (Å²) in [5, 5.41) is 23.1. The number of nitrogens with one attached hydrogen (secondary N) is 1. The Morgan fingerprint density at radius 2 is 0.772 bits per heavy atom. The van der Waals surface area contributed by atoms with Crippen LogP contribution < -0.4 is 5.32 Å². The second-order valence-corrected chi connectivity index (χ2v) is 16.1. The van der Waals surface area contributed by atoms with E-state index in [0.29, 0.717) is 6.42 Å². The largest absolute Gasteiger partial charge is 0.394 e. The van der Waals surface area contributed by atoms with Gasteiger partial charge >= 0.3 is 0 Å². The van der Waals surface area contributed by atoms with Gasteiger partial charge in [-0.15, -0.1) is 0 Å². The molecule has 328 valence electrons. The number of hydrogen-bond acceptors (Lipinski definition) is 3. The molecule has 2 unspecified atom stereocenters. The Labute approximate surface area is 354 Å². The summed E-state index contributed by atoms with van der Waals surface area (Å²) in [7, 11) is 0. The van der Waals surface area contributed by atoms with Gasteiger partial charge in [-0.2, -0.15) is 0 Å². The Bertz CT molecular complexity index is 1030. The van der Waals surface area contributed by atoms with Crippen molar-refractivity contribution in [2.45, 2.75) is 238 Å². The minimum absolute atomic E-state index is 0.108. The van der Waals surface area contributed by atoms with Crippen LogP contribution in [0.15, 0.2) is 85.1 Å². The highest BCUT2D eigenvalue weighted by atomic mass is 16.3. The molecular weight excluding hydrogens is 699 g/mol.